The zero-order valence-electron chi connectivity index (χ0n) is 6.07. The van der Waals surface area contributed by atoms with Crippen LogP contribution >= 0.6 is 0 Å². The molecule has 2 fully saturated rings. The van der Waals surface area contributed by atoms with E-state index in [1.54, 1.807) is 0 Å². The highest BCUT2D eigenvalue weighted by molar-refractivity contribution is 5.43. The van der Waals surface area contributed by atoms with Gasteiger partial charge in [0, 0.05) is 0 Å². The predicted octanol–water partition coefficient (Wildman–Crippen LogP) is 0.728. The minimum atomic E-state index is -0.190. The van der Waals surface area contributed by atoms with Gasteiger partial charge in [-0.1, -0.05) is 0 Å². The highest BCUT2D eigenvalue weighted by atomic mass is 16.7. The van der Waals surface area contributed by atoms with E-state index in [0.29, 0.717) is 0 Å². The first-order chi connectivity index (χ1) is 5.28. The van der Waals surface area contributed by atoms with Crippen LogP contribution in [0.1, 0.15) is 6.92 Å². The Kier molecular flexibility index (Phi) is 0.711. The van der Waals surface area contributed by atoms with Crippen LogP contribution in [0.15, 0.2) is 11.8 Å². The fraction of sp³-hybridized carbons (Fsp3) is 0.625. The Morgan fingerprint density at radius 2 is 2.45 bits per heavy atom. The smallest absolute Gasteiger partial charge is 0.195 e. The SMILES string of the molecule is [C-]#[N+]C1=CC2(OC2C)[C@@H]2OC12. The summed E-state index contributed by atoms with van der Waals surface area (Å²) >= 11 is 0. The second-order valence-corrected chi connectivity index (χ2v) is 3.27. The number of ether oxygens (including phenoxy) is 2. The highest BCUT2D eigenvalue weighted by Crippen LogP contribution is 2.57. The summed E-state index contributed by atoms with van der Waals surface area (Å²) < 4.78 is 10.7. The van der Waals surface area contributed by atoms with Gasteiger partial charge in [-0.25, -0.2) is 4.85 Å². The third-order valence-corrected chi connectivity index (χ3v) is 2.69. The molecule has 2 aliphatic heterocycles. The van der Waals surface area contributed by atoms with E-state index in [-0.39, 0.29) is 23.9 Å². The molecule has 2 saturated heterocycles. The van der Waals surface area contributed by atoms with E-state index in [1.807, 2.05) is 13.0 Å². The van der Waals surface area contributed by atoms with Crippen LogP contribution in [0.25, 0.3) is 4.85 Å². The average Bonchev–Trinajstić information content (AvgIpc) is 2.82. The normalized spacial score (nSPS) is 56.7. The van der Waals surface area contributed by atoms with Crippen molar-refractivity contribution in [3.05, 3.63) is 23.2 Å². The third kappa shape index (κ3) is 0.482. The fourth-order valence-electron chi connectivity index (χ4n) is 1.89. The highest BCUT2D eigenvalue weighted by Gasteiger charge is 2.72. The Labute approximate surface area is 64.4 Å². The van der Waals surface area contributed by atoms with Gasteiger partial charge in [0.15, 0.2) is 5.70 Å². The van der Waals surface area contributed by atoms with Crippen LogP contribution in [0.2, 0.25) is 0 Å². The maximum absolute atomic E-state index is 6.85. The summed E-state index contributed by atoms with van der Waals surface area (Å²) in [5, 5.41) is 0. The van der Waals surface area contributed by atoms with Crippen LogP contribution < -0.4 is 0 Å². The van der Waals surface area contributed by atoms with Crippen molar-refractivity contribution in [1.29, 1.82) is 0 Å². The summed E-state index contributed by atoms with van der Waals surface area (Å²) in [5.41, 5.74) is 0.546. The molecule has 0 N–H and O–H groups in total. The number of hydrogen-bond acceptors (Lipinski definition) is 2. The molecule has 1 aliphatic carbocycles. The van der Waals surface area contributed by atoms with Crippen molar-refractivity contribution in [2.24, 2.45) is 0 Å². The fourth-order valence-corrected chi connectivity index (χ4v) is 1.89. The van der Waals surface area contributed by atoms with Gasteiger partial charge in [-0.2, -0.15) is 0 Å². The van der Waals surface area contributed by atoms with Crippen LogP contribution in [-0.2, 0) is 9.47 Å². The molecule has 1 spiro atoms. The Morgan fingerprint density at radius 1 is 1.73 bits per heavy atom. The van der Waals surface area contributed by atoms with Crippen molar-refractivity contribution in [3.8, 4) is 0 Å². The molecule has 3 aliphatic rings. The number of nitrogens with zero attached hydrogens (tertiary/aromatic N) is 1. The molecule has 3 rings (SSSR count). The first kappa shape index (κ1) is 5.76. The van der Waals surface area contributed by atoms with Gasteiger partial charge in [-0.3, -0.25) is 0 Å². The molecule has 0 aromatic heterocycles. The Hall–Kier alpha value is -0.850. The molecule has 0 amide bonds. The molecule has 3 heteroatoms. The van der Waals surface area contributed by atoms with Crippen molar-refractivity contribution >= 4 is 0 Å². The van der Waals surface area contributed by atoms with E-state index in [1.165, 1.54) is 0 Å². The Balaban J connectivity index is 2.03. The van der Waals surface area contributed by atoms with E-state index in [4.69, 9.17) is 16.0 Å². The summed E-state index contributed by atoms with van der Waals surface area (Å²) in [4.78, 5) is 3.39. The molecule has 3 nitrogen and oxygen atoms in total. The lowest BCUT2D eigenvalue weighted by Crippen LogP contribution is -2.16. The first-order valence-electron chi connectivity index (χ1n) is 3.71. The van der Waals surface area contributed by atoms with Crippen molar-refractivity contribution in [2.75, 3.05) is 0 Å². The van der Waals surface area contributed by atoms with E-state index in [9.17, 15) is 0 Å². The van der Waals surface area contributed by atoms with Gasteiger partial charge < -0.3 is 9.47 Å². The van der Waals surface area contributed by atoms with Gasteiger partial charge in [-0.15, -0.1) is 0 Å². The molecule has 2 heterocycles. The van der Waals surface area contributed by atoms with Gasteiger partial charge in [0.1, 0.15) is 17.8 Å². The van der Waals surface area contributed by atoms with Gasteiger partial charge >= 0.3 is 0 Å². The average molecular weight is 149 g/mol. The van der Waals surface area contributed by atoms with Crippen LogP contribution in [0.5, 0.6) is 0 Å². The van der Waals surface area contributed by atoms with Gasteiger partial charge in [0.05, 0.1) is 12.7 Å². The molecule has 4 atom stereocenters. The summed E-state index contributed by atoms with van der Waals surface area (Å²) in [7, 11) is 0. The van der Waals surface area contributed by atoms with Crippen molar-refractivity contribution in [3.63, 3.8) is 0 Å². The summed E-state index contributed by atoms with van der Waals surface area (Å²) in [6.45, 7) is 8.86. The largest absolute Gasteiger partial charge is 0.373 e. The molecule has 0 bridgehead atoms. The third-order valence-electron chi connectivity index (χ3n) is 2.69. The Bertz CT molecular complexity index is 304. The summed E-state index contributed by atoms with van der Waals surface area (Å²) in [6, 6.07) is 0. The molecular weight excluding hydrogens is 142 g/mol. The number of hydrogen-bond donors (Lipinski definition) is 0. The first-order valence-corrected chi connectivity index (χ1v) is 3.71. The van der Waals surface area contributed by atoms with Gasteiger partial charge in [0.2, 0.25) is 0 Å². The minimum Gasteiger partial charge on any atom is -0.373 e. The second kappa shape index (κ2) is 1.36. The van der Waals surface area contributed by atoms with Crippen LogP contribution in [0, 0.1) is 6.57 Å². The topological polar surface area (TPSA) is 29.4 Å². The quantitative estimate of drug-likeness (QED) is 0.375. The molecule has 0 aromatic rings. The predicted molar refractivity (Wildman–Crippen MR) is 36.6 cm³/mol. The zero-order chi connectivity index (χ0) is 7.64. The number of rotatable bonds is 0. The van der Waals surface area contributed by atoms with E-state index < -0.39 is 0 Å². The van der Waals surface area contributed by atoms with E-state index in [2.05, 4.69) is 4.85 Å². The van der Waals surface area contributed by atoms with Gasteiger partial charge in [0.25, 0.3) is 0 Å². The minimum absolute atomic E-state index is 0.0671. The monoisotopic (exact) mass is 149 g/mol. The van der Waals surface area contributed by atoms with Crippen molar-refractivity contribution < 1.29 is 9.47 Å². The lowest BCUT2D eigenvalue weighted by atomic mass is 10.1. The molecule has 11 heavy (non-hydrogen) atoms. The van der Waals surface area contributed by atoms with Gasteiger partial charge in [-0.05, 0) is 13.0 Å². The number of fused-ring (bicyclic) bond motifs is 2. The van der Waals surface area contributed by atoms with Crippen LogP contribution in [0.4, 0.5) is 0 Å². The lowest BCUT2D eigenvalue weighted by Gasteiger charge is -1.96. The Morgan fingerprint density at radius 3 is 2.82 bits per heavy atom. The lowest BCUT2D eigenvalue weighted by molar-refractivity contribution is 0.263. The molecule has 56 valence electrons. The second-order valence-electron chi connectivity index (χ2n) is 3.27. The van der Waals surface area contributed by atoms with E-state index in [0.717, 1.165) is 5.70 Å². The zero-order valence-corrected chi connectivity index (χ0v) is 6.07. The van der Waals surface area contributed by atoms with Crippen LogP contribution in [0.3, 0.4) is 0 Å². The molecule has 0 radical (unpaired) electrons. The number of epoxide rings is 2. The molecular formula is C8H7NO2. The van der Waals surface area contributed by atoms with Crippen LogP contribution in [-0.4, -0.2) is 23.9 Å². The summed E-state index contributed by atoms with van der Waals surface area (Å²) in [6.07, 6.45) is 2.42. The molecule has 0 aromatic carbocycles. The van der Waals surface area contributed by atoms with Crippen molar-refractivity contribution in [1.82, 2.24) is 0 Å². The maximum Gasteiger partial charge on any atom is 0.195 e. The standard InChI is InChI=1S/C8H7NO2/c1-4-8(11-4)3-5(9-2)6-7(8)10-6/h3-4,6-7H,1H3/t4?,6?,7-,8?/m1/s1. The summed E-state index contributed by atoms with van der Waals surface area (Å²) in [5.74, 6) is 0. The van der Waals surface area contributed by atoms with E-state index >= 15 is 0 Å². The molecule has 0 saturated carbocycles. The van der Waals surface area contributed by atoms with Crippen molar-refractivity contribution in [2.45, 2.75) is 30.8 Å². The molecule has 3 unspecified atom stereocenters. The maximum atomic E-state index is 6.85.